The van der Waals surface area contributed by atoms with Gasteiger partial charge in [0.15, 0.2) is 37.2 Å². The Kier molecular flexibility index (Phi) is 16.4. The summed E-state index contributed by atoms with van der Waals surface area (Å²) in [7, 11) is 8.10. The van der Waals surface area contributed by atoms with Crippen LogP contribution in [0.1, 0.15) is 28.1 Å². The molecule has 5 aliphatic heterocycles. The molecule has 14 heteroatoms. The predicted octanol–water partition coefficient (Wildman–Crippen LogP) is -9.62. The molecule has 0 radical (unpaired) electrons. The van der Waals surface area contributed by atoms with E-state index < -0.39 is 0 Å². The van der Waals surface area contributed by atoms with Crippen LogP contribution in [0.3, 0.4) is 0 Å². The molecule has 8 bridgehead atoms. The van der Waals surface area contributed by atoms with Crippen LogP contribution in [-0.2, 0) is 43.5 Å². The number of fused-ring (bicyclic) bond motifs is 5. The van der Waals surface area contributed by atoms with Gasteiger partial charge in [-0.1, -0.05) is 12.1 Å². The Morgan fingerprint density at radius 3 is 1.14 bits per heavy atom. The Balaban J connectivity index is 0.00000150. The summed E-state index contributed by atoms with van der Waals surface area (Å²) in [6.45, 7) is 0. The summed E-state index contributed by atoms with van der Waals surface area (Å²) in [6, 6.07) is 16.9. The molecule has 0 amide bonds. The van der Waals surface area contributed by atoms with Gasteiger partial charge in [-0.3, -0.25) is 0 Å². The Morgan fingerprint density at radius 2 is 0.759 bits per heavy atom. The van der Waals surface area contributed by atoms with E-state index in [1.54, 1.807) is 0 Å². The molecule has 0 N–H and O–H groups in total. The molecule has 4 aromatic heterocycles. The second kappa shape index (κ2) is 19.9. The van der Waals surface area contributed by atoms with E-state index in [2.05, 4.69) is 147 Å². The SMILES string of the molecule is CN1C=CC(=C2C3=NC(=C(c4cc[n+](C)cc4)C4=NC(=C(c5cc[n+](C)cc5)c5ccc([n-]5)C(c5cc[n+](C)cc5)=C5C=CC2=N5)C=C4)C=C3)C=C1.[Au+3].[Cl-].[Cl-].[Cl-].[Cl-].[Cl-]. The minimum atomic E-state index is 0. The van der Waals surface area contributed by atoms with Crippen LogP contribution >= 0.6 is 0 Å². The van der Waals surface area contributed by atoms with Gasteiger partial charge in [0.25, 0.3) is 0 Å². The monoisotopic (exact) mass is 1050 g/mol. The van der Waals surface area contributed by atoms with E-state index in [0.29, 0.717) is 0 Å². The molecule has 0 saturated heterocycles. The first-order chi connectivity index (χ1) is 25.4. The number of hydrogen-bond acceptors (Lipinski definition) is 4. The molecule has 0 aliphatic carbocycles. The summed E-state index contributed by atoms with van der Waals surface area (Å²) in [6.07, 6.45) is 33.3. The molecule has 9 rings (SSSR count). The Hall–Kier alpha value is -4.61. The number of aromatic nitrogens is 4. The van der Waals surface area contributed by atoms with Gasteiger partial charge in [-0.15, -0.1) is 11.4 Å². The van der Waals surface area contributed by atoms with Crippen molar-refractivity contribution in [3.05, 3.63) is 203 Å². The van der Waals surface area contributed by atoms with Gasteiger partial charge >= 0.3 is 22.4 Å². The number of allylic oxidation sites excluding steroid dienone is 11. The Bertz CT molecular complexity index is 2570. The Morgan fingerprint density at radius 1 is 0.431 bits per heavy atom. The van der Waals surface area contributed by atoms with E-state index >= 15 is 0 Å². The molecule has 0 unspecified atom stereocenters. The minimum Gasteiger partial charge on any atom is -1.00 e. The van der Waals surface area contributed by atoms with Crippen LogP contribution < -0.4 is 80.7 Å². The van der Waals surface area contributed by atoms with Crippen molar-refractivity contribution < 1.29 is 98.1 Å². The van der Waals surface area contributed by atoms with Crippen LogP contribution in [0.4, 0.5) is 0 Å². The standard InChI is InChI=1S/C44H36N8.Au.5ClH/c1-49-21-13-29(14-22-49)41-33-5-7-35(45-33)42(30-15-23-50(2)24-16-30)37-9-11-39(47-37)44(32-19-27-52(4)28-20-32)40-12-10-38(48-40)43(36-8-6-34(41)46-36)31-17-25-51(3)26-18-31;;;;;;/h5-28H,1-4H3;;5*1H/q+2;+3;;;;;/p-5. The van der Waals surface area contributed by atoms with Crippen molar-refractivity contribution in [3.63, 3.8) is 0 Å². The quantitative estimate of drug-likeness (QED) is 0.152. The average molecular weight is 1050 g/mol. The number of nitrogens with zero attached hydrogens (tertiary/aromatic N) is 8. The fourth-order valence-corrected chi connectivity index (χ4v) is 6.94. The molecule has 8 nitrogen and oxygen atoms in total. The summed E-state index contributed by atoms with van der Waals surface area (Å²) in [4.78, 5) is 23.4. The predicted molar refractivity (Wildman–Crippen MR) is 204 cm³/mol. The molecule has 0 atom stereocenters. The van der Waals surface area contributed by atoms with Crippen molar-refractivity contribution in [2.45, 2.75) is 0 Å². The first kappa shape index (κ1) is 47.8. The summed E-state index contributed by atoms with van der Waals surface area (Å²) in [5.74, 6) is 0. The molecule has 0 spiro atoms. The smallest absolute Gasteiger partial charge is 1.00 e. The topological polar surface area (TPSA) is 66.1 Å². The second-order valence-electron chi connectivity index (χ2n) is 13.4. The zero-order valence-electron chi connectivity index (χ0n) is 31.6. The van der Waals surface area contributed by atoms with E-state index in [1.165, 1.54) is 0 Å². The van der Waals surface area contributed by atoms with Crippen LogP contribution in [0.5, 0.6) is 0 Å². The molecule has 58 heavy (non-hydrogen) atoms. The second-order valence-corrected chi connectivity index (χ2v) is 13.4. The van der Waals surface area contributed by atoms with Crippen LogP contribution in [0.15, 0.2) is 190 Å². The fraction of sp³-hybridized carbons (Fsp3) is 0.0909. The summed E-state index contributed by atoms with van der Waals surface area (Å²) in [5.41, 5.74) is 14.7. The van der Waals surface area contributed by atoms with Crippen molar-refractivity contribution in [1.82, 2.24) is 9.88 Å². The van der Waals surface area contributed by atoms with E-state index in [-0.39, 0.29) is 84.4 Å². The van der Waals surface area contributed by atoms with Crippen LogP contribution in [0.2, 0.25) is 0 Å². The van der Waals surface area contributed by atoms with Crippen molar-refractivity contribution in [2.75, 3.05) is 7.05 Å². The third kappa shape index (κ3) is 9.15. The van der Waals surface area contributed by atoms with Crippen molar-refractivity contribution >= 4 is 33.9 Å². The fourth-order valence-electron chi connectivity index (χ4n) is 6.94. The molecular formula is C44H36AuCl5N8. The molecule has 298 valence electrons. The van der Waals surface area contributed by atoms with Gasteiger partial charge in [0, 0.05) is 67.0 Å². The summed E-state index contributed by atoms with van der Waals surface area (Å²) in [5, 5.41) is 0. The van der Waals surface area contributed by atoms with Gasteiger partial charge in [-0.25, -0.2) is 28.7 Å². The van der Waals surface area contributed by atoms with Gasteiger partial charge in [0.05, 0.1) is 34.2 Å². The van der Waals surface area contributed by atoms with E-state index in [1.807, 2.05) is 46.8 Å². The van der Waals surface area contributed by atoms with Crippen LogP contribution in [0.25, 0.3) is 16.7 Å². The molecule has 0 fully saturated rings. The van der Waals surface area contributed by atoms with Gasteiger partial charge < -0.3 is 71.9 Å². The molecule has 9 heterocycles. The summed E-state index contributed by atoms with van der Waals surface area (Å²) < 4.78 is 6.11. The maximum atomic E-state index is 5.35. The number of hydrogen-bond donors (Lipinski definition) is 0. The molecular weight excluding hydrogens is 1010 g/mol. The van der Waals surface area contributed by atoms with Crippen LogP contribution in [-0.4, -0.2) is 29.1 Å². The van der Waals surface area contributed by atoms with E-state index in [4.69, 9.17) is 20.0 Å². The van der Waals surface area contributed by atoms with E-state index in [0.717, 1.165) is 90.2 Å². The van der Waals surface area contributed by atoms with Gasteiger partial charge in [0.1, 0.15) is 21.1 Å². The van der Waals surface area contributed by atoms with Crippen molar-refractivity contribution in [2.24, 2.45) is 36.1 Å². The molecule has 5 aliphatic rings. The number of rotatable bonds is 3. The normalized spacial score (nSPS) is 15.8. The molecule has 0 aromatic carbocycles. The summed E-state index contributed by atoms with van der Waals surface area (Å²) >= 11 is 0. The number of halogens is 5. The number of aryl methyl sites for hydroxylation is 3. The zero-order valence-corrected chi connectivity index (χ0v) is 37.6. The minimum absolute atomic E-state index is 0. The largest absolute Gasteiger partial charge is 3.00 e. The third-order valence-electron chi connectivity index (χ3n) is 9.68. The van der Waals surface area contributed by atoms with Gasteiger partial charge in [0.2, 0.25) is 0 Å². The maximum Gasteiger partial charge on any atom is 3.00 e. The van der Waals surface area contributed by atoms with Gasteiger partial charge in [-0.05, 0) is 82.0 Å². The first-order valence-corrected chi connectivity index (χ1v) is 17.3. The molecule has 4 aromatic rings. The van der Waals surface area contributed by atoms with Crippen molar-refractivity contribution in [1.29, 1.82) is 0 Å². The van der Waals surface area contributed by atoms with E-state index in [9.17, 15) is 0 Å². The van der Waals surface area contributed by atoms with Crippen LogP contribution in [0, 0.1) is 0 Å². The number of pyridine rings is 3. The zero-order chi connectivity index (χ0) is 35.3. The maximum absolute atomic E-state index is 5.35. The Labute approximate surface area is 385 Å². The average Bonchev–Trinajstić information content (AvgIpc) is 3.99. The van der Waals surface area contributed by atoms with Crippen molar-refractivity contribution in [3.8, 4) is 0 Å². The van der Waals surface area contributed by atoms with Gasteiger partial charge in [-0.2, -0.15) is 0 Å². The third-order valence-corrected chi connectivity index (χ3v) is 9.68. The number of aliphatic imine (C=N–C) groups is 3. The first-order valence-electron chi connectivity index (χ1n) is 17.3. The molecule has 0 saturated carbocycles.